The second-order valence-electron chi connectivity index (χ2n) is 6.65. The van der Waals surface area contributed by atoms with Gasteiger partial charge < -0.3 is 5.32 Å². The predicted octanol–water partition coefficient (Wildman–Crippen LogP) is 3.36. The number of hydrogen-bond acceptors (Lipinski definition) is 6. The summed E-state index contributed by atoms with van der Waals surface area (Å²) < 4.78 is 27.0. The fourth-order valence-electron chi connectivity index (χ4n) is 3.20. The lowest BCUT2D eigenvalue weighted by atomic mass is 9.97. The standard InChI is InChI=1S/C19H21N3O5S2/c1-28-17-5-7-18(8-6-17)29(26,27)21-11-9-14(10-12-21)19(23)20-15-3-2-4-16(13-15)22(24)25/h2-8,13-14H,9-12H2,1H3,(H,20,23). The fraction of sp³-hybridized carbons (Fsp3) is 0.316. The molecule has 0 bridgehead atoms. The lowest BCUT2D eigenvalue weighted by Gasteiger charge is -2.30. The normalized spacial score (nSPS) is 15.8. The van der Waals surface area contributed by atoms with Crippen LogP contribution in [-0.2, 0) is 14.8 Å². The first-order valence-electron chi connectivity index (χ1n) is 9.01. The molecular formula is C19H21N3O5S2. The maximum Gasteiger partial charge on any atom is 0.271 e. The number of carbonyl (C=O) groups is 1. The van der Waals surface area contributed by atoms with Crippen LogP contribution in [0.2, 0.25) is 0 Å². The van der Waals surface area contributed by atoms with Gasteiger partial charge in [-0.25, -0.2) is 8.42 Å². The highest BCUT2D eigenvalue weighted by atomic mass is 32.2. The molecule has 0 radical (unpaired) electrons. The first-order chi connectivity index (χ1) is 13.8. The summed E-state index contributed by atoms with van der Waals surface area (Å²) >= 11 is 1.54. The summed E-state index contributed by atoms with van der Waals surface area (Å²) in [4.78, 5) is 24.1. The molecule has 1 saturated heterocycles. The van der Waals surface area contributed by atoms with Gasteiger partial charge in [0.05, 0.1) is 9.82 Å². The van der Waals surface area contributed by atoms with Crippen molar-refractivity contribution in [2.75, 3.05) is 24.7 Å². The Kier molecular flexibility index (Phi) is 6.56. The molecule has 0 spiro atoms. The van der Waals surface area contributed by atoms with Crippen molar-refractivity contribution < 1.29 is 18.1 Å². The van der Waals surface area contributed by atoms with Crippen LogP contribution in [0.5, 0.6) is 0 Å². The Bertz CT molecular complexity index is 1000. The number of thioether (sulfide) groups is 1. The summed E-state index contributed by atoms with van der Waals surface area (Å²) in [5, 5.41) is 13.5. The van der Waals surface area contributed by atoms with Crippen LogP contribution >= 0.6 is 11.8 Å². The second-order valence-corrected chi connectivity index (χ2v) is 9.47. The van der Waals surface area contributed by atoms with Crippen molar-refractivity contribution in [1.82, 2.24) is 4.31 Å². The summed E-state index contributed by atoms with van der Waals surface area (Å²) in [6.07, 6.45) is 2.71. The molecule has 1 fully saturated rings. The highest BCUT2D eigenvalue weighted by molar-refractivity contribution is 7.98. The number of piperidine rings is 1. The van der Waals surface area contributed by atoms with Crippen molar-refractivity contribution in [3.63, 3.8) is 0 Å². The van der Waals surface area contributed by atoms with Gasteiger partial charge in [-0.15, -0.1) is 11.8 Å². The molecule has 0 aliphatic carbocycles. The van der Waals surface area contributed by atoms with E-state index in [9.17, 15) is 23.3 Å². The van der Waals surface area contributed by atoms with Gasteiger partial charge in [0.1, 0.15) is 0 Å². The van der Waals surface area contributed by atoms with Gasteiger partial charge in [0.25, 0.3) is 5.69 Å². The van der Waals surface area contributed by atoms with Crippen molar-refractivity contribution in [3.05, 3.63) is 58.6 Å². The van der Waals surface area contributed by atoms with Gasteiger partial charge in [-0.1, -0.05) is 6.07 Å². The summed E-state index contributed by atoms with van der Waals surface area (Å²) in [5.74, 6) is -0.605. The Morgan fingerprint density at radius 1 is 1.17 bits per heavy atom. The molecule has 1 amide bonds. The number of nitro groups is 1. The van der Waals surface area contributed by atoms with Gasteiger partial charge >= 0.3 is 0 Å². The molecule has 29 heavy (non-hydrogen) atoms. The van der Waals surface area contributed by atoms with Crippen molar-refractivity contribution in [2.45, 2.75) is 22.6 Å². The number of nitro benzene ring substituents is 1. The lowest BCUT2D eigenvalue weighted by molar-refractivity contribution is -0.384. The number of sulfonamides is 1. The topological polar surface area (TPSA) is 110 Å². The highest BCUT2D eigenvalue weighted by Gasteiger charge is 2.32. The molecule has 1 heterocycles. The third kappa shape index (κ3) is 4.95. The van der Waals surface area contributed by atoms with Crippen LogP contribution in [0.4, 0.5) is 11.4 Å². The SMILES string of the molecule is CSc1ccc(S(=O)(=O)N2CCC(C(=O)Nc3cccc([N+](=O)[O-])c3)CC2)cc1. The molecule has 2 aromatic carbocycles. The quantitative estimate of drug-likeness (QED) is 0.423. The van der Waals surface area contributed by atoms with E-state index in [1.807, 2.05) is 6.26 Å². The zero-order valence-corrected chi connectivity index (χ0v) is 17.4. The van der Waals surface area contributed by atoms with Gasteiger partial charge in [-0.3, -0.25) is 14.9 Å². The molecule has 154 valence electrons. The van der Waals surface area contributed by atoms with E-state index in [2.05, 4.69) is 5.32 Å². The van der Waals surface area contributed by atoms with E-state index < -0.39 is 14.9 Å². The molecule has 0 aromatic heterocycles. The van der Waals surface area contributed by atoms with E-state index >= 15 is 0 Å². The molecule has 1 aliphatic heterocycles. The predicted molar refractivity (Wildman–Crippen MR) is 111 cm³/mol. The van der Waals surface area contributed by atoms with Crippen molar-refractivity contribution in [3.8, 4) is 0 Å². The highest BCUT2D eigenvalue weighted by Crippen LogP contribution is 2.26. The van der Waals surface area contributed by atoms with E-state index in [1.54, 1.807) is 42.1 Å². The van der Waals surface area contributed by atoms with Crippen molar-refractivity contribution in [2.24, 2.45) is 5.92 Å². The van der Waals surface area contributed by atoms with Gasteiger partial charge in [0.15, 0.2) is 0 Å². The van der Waals surface area contributed by atoms with Crippen LogP contribution in [0.1, 0.15) is 12.8 Å². The number of non-ortho nitro benzene ring substituents is 1. The maximum atomic E-state index is 12.8. The Balaban J connectivity index is 1.61. The molecule has 2 aromatic rings. The number of rotatable bonds is 6. The molecule has 0 unspecified atom stereocenters. The smallest absolute Gasteiger partial charge is 0.271 e. The Morgan fingerprint density at radius 3 is 2.41 bits per heavy atom. The summed E-state index contributed by atoms with van der Waals surface area (Å²) in [6, 6.07) is 12.5. The zero-order valence-electron chi connectivity index (χ0n) is 15.8. The van der Waals surface area contributed by atoms with Crippen LogP contribution in [0.25, 0.3) is 0 Å². The molecular weight excluding hydrogens is 414 g/mol. The number of nitrogens with one attached hydrogen (secondary N) is 1. The Labute approximate surface area is 173 Å². The van der Waals surface area contributed by atoms with E-state index in [0.29, 0.717) is 18.5 Å². The van der Waals surface area contributed by atoms with Gasteiger partial charge in [0.2, 0.25) is 15.9 Å². The number of anilines is 1. The Hall–Kier alpha value is -2.43. The van der Waals surface area contributed by atoms with Crippen LogP contribution in [0, 0.1) is 16.0 Å². The minimum atomic E-state index is -3.59. The third-order valence-corrected chi connectivity index (χ3v) is 7.50. The first kappa shape index (κ1) is 21.3. The van der Waals surface area contributed by atoms with Gasteiger partial charge in [-0.05, 0) is 49.4 Å². The average Bonchev–Trinajstić information content (AvgIpc) is 2.74. The van der Waals surface area contributed by atoms with E-state index in [0.717, 1.165) is 4.90 Å². The molecule has 8 nitrogen and oxygen atoms in total. The largest absolute Gasteiger partial charge is 0.326 e. The monoisotopic (exact) mass is 435 g/mol. The van der Waals surface area contributed by atoms with Crippen LogP contribution in [0.15, 0.2) is 58.3 Å². The summed E-state index contributed by atoms with van der Waals surface area (Å²) in [6.45, 7) is 0.499. The minimum Gasteiger partial charge on any atom is -0.326 e. The number of amides is 1. The third-order valence-electron chi connectivity index (χ3n) is 4.85. The van der Waals surface area contributed by atoms with E-state index in [1.165, 1.54) is 22.5 Å². The molecule has 0 atom stereocenters. The number of benzene rings is 2. The number of hydrogen-bond donors (Lipinski definition) is 1. The number of carbonyl (C=O) groups excluding carboxylic acids is 1. The van der Waals surface area contributed by atoms with E-state index in [4.69, 9.17) is 0 Å². The summed E-state index contributed by atoms with van der Waals surface area (Å²) in [7, 11) is -3.59. The molecule has 3 rings (SSSR count). The van der Waals surface area contributed by atoms with Gasteiger partial charge in [-0.2, -0.15) is 4.31 Å². The summed E-state index contributed by atoms with van der Waals surface area (Å²) in [5.41, 5.74) is 0.254. The second kappa shape index (κ2) is 8.93. The number of nitrogens with zero attached hydrogens (tertiary/aromatic N) is 2. The average molecular weight is 436 g/mol. The van der Waals surface area contributed by atoms with Crippen LogP contribution in [0.3, 0.4) is 0 Å². The zero-order chi connectivity index (χ0) is 21.0. The maximum absolute atomic E-state index is 12.8. The molecule has 1 N–H and O–H groups in total. The molecule has 0 saturated carbocycles. The fourth-order valence-corrected chi connectivity index (χ4v) is 5.07. The van der Waals surface area contributed by atoms with Crippen LogP contribution in [-0.4, -0.2) is 42.9 Å². The van der Waals surface area contributed by atoms with Crippen molar-refractivity contribution >= 4 is 39.1 Å². The minimum absolute atomic E-state index is 0.101. The first-order valence-corrected chi connectivity index (χ1v) is 11.7. The Morgan fingerprint density at radius 2 is 1.83 bits per heavy atom. The lowest BCUT2D eigenvalue weighted by Crippen LogP contribution is -2.41. The molecule has 10 heteroatoms. The molecule has 1 aliphatic rings. The van der Waals surface area contributed by atoms with Crippen LogP contribution < -0.4 is 5.32 Å². The van der Waals surface area contributed by atoms with Gasteiger partial charge in [0, 0.05) is 41.7 Å². The van der Waals surface area contributed by atoms with Crippen molar-refractivity contribution in [1.29, 1.82) is 0 Å². The van der Waals surface area contributed by atoms with E-state index in [-0.39, 0.29) is 35.5 Å².